The SMILES string of the molecule is O=S(=O)(NCc1ccccc1F)c1ccccc1-c1nc(-c2ccc(F)cc2)no1. The number of nitrogens with zero attached hydrogens (tertiary/aromatic N) is 2. The van der Waals surface area contributed by atoms with Gasteiger partial charge in [0.1, 0.15) is 11.6 Å². The smallest absolute Gasteiger partial charge is 0.259 e. The summed E-state index contributed by atoms with van der Waals surface area (Å²) in [4.78, 5) is 4.15. The maximum Gasteiger partial charge on any atom is 0.259 e. The Balaban J connectivity index is 1.64. The molecule has 0 saturated heterocycles. The summed E-state index contributed by atoms with van der Waals surface area (Å²) in [6.45, 7) is -0.214. The van der Waals surface area contributed by atoms with Crippen LogP contribution in [0.25, 0.3) is 22.8 Å². The van der Waals surface area contributed by atoms with Crippen LogP contribution in [0.2, 0.25) is 0 Å². The van der Waals surface area contributed by atoms with Crippen molar-refractivity contribution in [2.24, 2.45) is 0 Å². The van der Waals surface area contributed by atoms with Crippen LogP contribution in [0.4, 0.5) is 8.78 Å². The highest BCUT2D eigenvalue weighted by Gasteiger charge is 2.23. The van der Waals surface area contributed by atoms with Crippen molar-refractivity contribution in [1.29, 1.82) is 0 Å². The second-order valence-corrected chi connectivity index (χ2v) is 8.08. The molecular weight excluding hydrogens is 412 g/mol. The van der Waals surface area contributed by atoms with Gasteiger partial charge in [-0.3, -0.25) is 0 Å². The first kappa shape index (κ1) is 19.9. The van der Waals surface area contributed by atoms with Gasteiger partial charge in [0.25, 0.3) is 5.89 Å². The lowest BCUT2D eigenvalue weighted by Gasteiger charge is -2.10. The van der Waals surface area contributed by atoms with Gasteiger partial charge in [-0.1, -0.05) is 35.5 Å². The van der Waals surface area contributed by atoms with Crippen molar-refractivity contribution in [2.45, 2.75) is 11.4 Å². The molecule has 0 fully saturated rings. The first-order valence-electron chi connectivity index (χ1n) is 8.86. The Morgan fingerprint density at radius 2 is 1.60 bits per heavy atom. The number of nitrogens with one attached hydrogen (secondary N) is 1. The minimum atomic E-state index is -4.01. The summed E-state index contributed by atoms with van der Waals surface area (Å²) in [5.41, 5.74) is 0.929. The maximum absolute atomic E-state index is 13.8. The van der Waals surface area contributed by atoms with E-state index in [1.54, 1.807) is 18.2 Å². The van der Waals surface area contributed by atoms with Gasteiger partial charge in [-0.05, 0) is 42.5 Å². The van der Waals surface area contributed by atoms with Crippen LogP contribution in [0.1, 0.15) is 5.56 Å². The van der Waals surface area contributed by atoms with Gasteiger partial charge in [-0.2, -0.15) is 4.98 Å². The molecule has 9 heteroatoms. The summed E-state index contributed by atoms with van der Waals surface area (Å²) in [5.74, 6) is -0.730. The number of aromatic nitrogens is 2. The van der Waals surface area contributed by atoms with Gasteiger partial charge in [-0.25, -0.2) is 21.9 Å². The fraction of sp³-hybridized carbons (Fsp3) is 0.0476. The van der Waals surface area contributed by atoms with Crippen molar-refractivity contribution < 1.29 is 21.7 Å². The van der Waals surface area contributed by atoms with E-state index in [4.69, 9.17) is 4.52 Å². The Morgan fingerprint density at radius 1 is 0.900 bits per heavy atom. The molecule has 0 aliphatic carbocycles. The van der Waals surface area contributed by atoms with Gasteiger partial charge in [-0.15, -0.1) is 0 Å². The van der Waals surface area contributed by atoms with Crippen molar-refractivity contribution in [3.8, 4) is 22.8 Å². The molecule has 3 aromatic carbocycles. The molecule has 0 bridgehead atoms. The van der Waals surface area contributed by atoms with Gasteiger partial charge in [0, 0.05) is 17.7 Å². The van der Waals surface area contributed by atoms with Crippen molar-refractivity contribution >= 4 is 10.0 Å². The van der Waals surface area contributed by atoms with E-state index in [2.05, 4.69) is 14.9 Å². The molecular formula is C21H15F2N3O3S. The monoisotopic (exact) mass is 427 g/mol. The Morgan fingerprint density at radius 3 is 2.37 bits per heavy atom. The first-order valence-corrected chi connectivity index (χ1v) is 10.3. The highest BCUT2D eigenvalue weighted by Crippen LogP contribution is 2.28. The zero-order valence-electron chi connectivity index (χ0n) is 15.4. The highest BCUT2D eigenvalue weighted by atomic mass is 32.2. The third-order valence-corrected chi connectivity index (χ3v) is 5.81. The lowest BCUT2D eigenvalue weighted by molar-refractivity contribution is 0.431. The maximum atomic E-state index is 13.8. The van der Waals surface area contributed by atoms with E-state index in [0.29, 0.717) is 5.56 Å². The van der Waals surface area contributed by atoms with E-state index < -0.39 is 21.7 Å². The van der Waals surface area contributed by atoms with Crippen molar-refractivity contribution in [3.05, 3.63) is 90.0 Å². The van der Waals surface area contributed by atoms with Crippen molar-refractivity contribution in [1.82, 2.24) is 14.9 Å². The third kappa shape index (κ3) is 4.12. The fourth-order valence-electron chi connectivity index (χ4n) is 2.82. The number of halogens is 2. The largest absolute Gasteiger partial charge is 0.334 e. The van der Waals surface area contributed by atoms with E-state index in [1.807, 2.05) is 0 Å². The summed E-state index contributed by atoms with van der Waals surface area (Å²) >= 11 is 0. The molecule has 0 unspecified atom stereocenters. The molecule has 4 rings (SSSR count). The number of rotatable bonds is 6. The standard InChI is InChI=1S/C21H15F2N3O3S/c22-16-11-9-14(10-12-16)20-25-21(29-26-20)17-6-2-4-8-19(17)30(27,28)24-13-15-5-1-3-7-18(15)23/h1-12,24H,13H2. The number of hydrogen-bond acceptors (Lipinski definition) is 5. The molecule has 1 heterocycles. The van der Waals surface area contributed by atoms with E-state index in [-0.39, 0.29) is 34.3 Å². The minimum absolute atomic E-state index is 0.0128. The van der Waals surface area contributed by atoms with Crippen LogP contribution in [0, 0.1) is 11.6 Å². The summed E-state index contributed by atoms with van der Waals surface area (Å²) in [5, 5.41) is 3.85. The van der Waals surface area contributed by atoms with E-state index in [0.717, 1.165) is 0 Å². The van der Waals surface area contributed by atoms with Crippen molar-refractivity contribution in [3.63, 3.8) is 0 Å². The predicted molar refractivity (Wildman–Crippen MR) is 106 cm³/mol. The normalized spacial score (nSPS) is 11.5. The molecule has 0 aliphatic heterocycles. The summed E-state index contributed by atoms with van der Waals surface area (Å²) in [7, 11) is -4.01. The van der Waals surface area contributed by atoms with Gasteiger partial charge < -0.3 is 4.52 Å². The van der Waals surface area contributed by atoms with E-state index in [1.165, 1.54) is 54.6 Å². The lowest BCUT2D eigenvalue weighted by atomic mass is 10.2. The molecule has 1 aromatic heterocycles. The molecule has 4 aromatic rings. The average Bonchev–Trinajstić information content (AvgIpc) is 3.24. The van der Waals surface area contributed by atoms with Crippen LogP contribution in [0.3, 0.4) is 0 Å². The zero-order chi connectivity index (χ0) is 21.1. The molecule has 0 saturated carbocycles. The van der Waals surface area contributed by atoms with Crippen LogP contribution in [0.5, 0.6) is 0 Å². The quantitative estimate of drug-likeness (QED) is 0.499. The van der Waals surface area contributed by atoms with Crippen LogP contribution in [-0.4, -0.2) is 18.6 Å². The number of benzene rings is 3. The topological polar surface area (TPSA) is 85.1 Å². The average molecular weight is 427 g/mol. The van der Waals surface area contributed by atoms with Crippen molar-refractivity contribution in [2.75, 3.05) is 0 Å². The molecule has 0 spiro atoms. The highest BCUT2D eigenvalue weighted by molar-refractivity contribution is 7.89. The Labute approximate surface area is 171 Å². The van der Waals surface area contributed by atoms with Gasteiger partial charge >= 0.3 is 0 Å². The molecule has 0 atom stereocenters. The first-order chi connectivity index (χ1) is 14.4. The second kappa shape index (κ2) is 8.13. The number of hydrogen-bond donors (Lipinski definition) is 1. The second-order valence-electron chi connectivity index (χ2n) is 6.34. The lowest BCUT2D eigenvalue weighted by Crippen LogP contribution is -2.24. The van der Waals surface area contributed by atoms with E-state index >= 15 is 0 Å². The molecule has 0 radical (unpaired) electrons. The van der Waals surface area contributed by atoms with Crippen LogP contribution < -0.4 is 4.72 Å². The van der Waals surface area contributed by atoms with Gasteiger partial charge in [0.15, 0.2) is 0 Å². The summed E-state index contributed by atoms with van der Waals surface area (Å²) in [6.07, 6.45) is 0. The fourth-order valence-corrected chi connectivity index (χ4v) is 4.02. The van der Waals surface area contributed by atoms with Crippen LogP contribution >= 0.6 is 0 Å². The summed E-state index contributed by atoms with van der Waals surface area (Å²) in [6, 6.07) is 17.5. The third-order valence-electron chi connectivity index (χ3n) is 4.35. The Hall–Kier alpha value is -3.43. The summed E-state index contributed by atoms with van der Waals surface area (Å²) < 4.78 is 60.3. The molecule has 0 amide bonds. The molecule has 0 aliphatic rings. The predicted octanol–water partition coefficient (Wildman–Crippen LogP) is 4.16. The van der Waals surface area contributed by atoms with E-state index in [9.17, 15) is 17.2 Å². The molecule has 152 valence electrons. The zero-order valence-corrected chi connectivity index (χ0v) is 16.2. The number of sulfonamides is 1. The molecule has 1 N–H and O–H groups in total. The molecule has 30 heavy (non-hydrogen) atoms. The Bertz CT molecular complexity index is 1290. The van der Waals surface area contributed by atoms with Gasteiger partial charge in [0.05, 0.1) is 10.5 Å². The minimum Gasteiger partial charge on any atom is -0.334 e. The Kier molecular flexibility index (Phi) is 5.39. The van der Waals surface area contributed by atoms with Crippen LogP contribution in [0.15, 0.2) is 82.2 Å². The van der Waals surface area contributed by atoms with Gasteiger partial charge in [0.2, 0.25) is 15.8 Å². The van der Waals surface area contributed by atoms with Crippen LogP contribution in [-0.2, 0) is 16.6 Å². The molecule has 6 nitrogen and oxygen atoms in total.